The molecular weight excluding hydrogens is 406 g/mol. The van der Waals surface area contributed by atoms with Crippen molar-refractivity contribution >= 4 is 11.5 Å². The maximum absolute atomic E-state index is 13.1. The highest BCUT2D eigenvalue weighted by Gasteiger charge is 2.23. The van der Waals surface area contributed by atoms with Crippen LogP contribution in [0.4, 0.5) is 11.5 Å². The van der Waals surface area contributed by atoms with E-state index in [0.717, 1.165) is 61.1 Å². The Kier molecular flexibility index (Phi) is 6.35. The average molecular weight is 438 g/mol. The first-order chi connectivity index (χ1) is 15.4. The van der Waals surface area contributed by atoms with Gasteiger partial charge in [0.25, 0.3) is 5.56 Å². The second kappa shape index (κ2) is 9.18. The van der Waals surface area contributed by atoms with Crippen molar-refractivity contribution in [3.05, 3.63) is 56.2 Å². The van der Waals surface area contributed by atoms with E-state index in [2.05, 4.69) is 11.0 Å². The molecular formula is C23H31N7O2. The highest BCUT2D eigenvalue weighted by molar-refractivity contribution is 5.55. The maximum Gasteiger partial charge on any atom is 0.332 e. The zero-order chi connectivity index (χ0) is 22.8. The average Bonchev–Trinajstić information content (AvgIpc) is 2.79. The van der Waals surface area contributed by atoms with Crippen LogP contribution < -0.4 is 32.5 Å². The van der Waals surface area contributed by atoms with Gasteiger partial charge in [-0.25, -0.2) is 4.79 Å². The van der Waals surface area contributed by atoms with Crippen LogP contribution in [0.25, 0.3) is 0 Å². The largest absolute Gasteiger partial charge is 0.370 e. The van der Waals surface area contributed by atoms with Crippen LogP contribution in [0, 0.1) is 11.3 Å². The molecule has 32 heavy (non-hydrogen) atoms. The summed E-state index contributed by atoms with van der Waals surface area (Å²) in [6, 6.07) is 9.58. The molecule has 1 aromatic heterocycles. The molecule has 2 aliphatic heterocycles. The van der Waals surface area contributed by atoms with E-state index in [4.69, 9.17) is 11.5 Å². The molecule has 3 heterocycles. The number of rotatable bonds is 4. The second-order valence-corrected chi connectivity index (χ2v) is 8.92. The maximum atomic E-state index is 13.1. The van der Waals surface area contributed by atoms with E-state index in [-0.39, 0.29) is 24.2 Å². The van der Waals surface area contributed by atoms with Crippen molar-refractivity contribution in [2.75, 3.05) is 36.0 Å². The minimum absolute atomic E-state index is 0.00216. The topological polar surface area (TPSA) is 126 Å². The SMILES string of the molecule is Cn1c(=O)cc(N2CCC[C@@H](N)C2)n(Cc2cc(N3CCC[C@@H](N)C3)ccc2C#N)c1=O. The van der Waals surface area contributed by atoms with Crippen molar-refractivity contribution in [1.29, 1.82) is 5.26 Å². The molecule has 2 saturated heterocycles. The van der Waals surface area contributed by atoms with Crippen molar-refractivity contribution in [1.82, 2.24) is 9.13 Å². The Morgan fingerprint density at radius 3 is 2.34 bits per heavy atom. The summed E-state index contributed by atoms with van der Waals surface area (Å²) in [5, 5.41) is 9.71. The Morgan fingerprint density at radius 1 is 1.03 bits per heavy atom. The Balaban J connectivity index is 1.75. The monoisotopic (exact) mass is 437 g/mol. The van der Waals surface area contributed by atoms with Gasteiger partial charge >= 0.3 is 5.69 Å². The van der Waals surface area contributed by atoms with E-state index in [1.165, 1.54) is 13.1 Å². The fraction of sp³-hybridized carbons (Fsp3) is 0.522. The lowest BCUT2D eigenvalue weighted by atomic mass is 10.0. The van der Waals surface area contributed by atoms with E-state index in [9.17, 15) is 14.9 Å². The summed E-state index contributed by atoms with van der Waals surface area (Å²) in [6.07, 6.45) is 3.85. The molecule has 9 heteroatoms. The third-order valence-electron chi connectivity index (χ3n) is 6.52. The Hall–Kier alpha value is -3.09. The number of anilines is 2. The number of piperidine rings is 2. The third-order valence-corrected chi connectivity index (χ3v) is 6.52. The van der Waals surface area contributed by atoms with Gasteiger partial charge in [-0.3, -0.25) is 13.9 Å². The van der Waals surface area contributed by atoms with Gasteiger partial charge in [0.05, 0.1) is 18.2 Å². The summed E-state index contributed by atoms with van der Waals surface area (Å²) in [5.41, 5.74) is 13.8. The summed E-state index contributed by atoms with van der Waals surface area (Å²) >= 11 is 0. The van der Waals surface area contributed by atoms with Crippen LogP contribution >= 0.6 is 0 Å². The van der Waals surface area contributed by atoms with Gasteiger partial charge in [-0.2, -0.15) is 5.26 Å². The molecule has 170 valence electrons. The minimum Gasteiger partial charge on any atom is -0.370 e. The van der Waals surface area contributed by atoms with E-state index >= 15 is 0 Å². The van der Waals surface area contributed by atoms with Crippen molar-refractivity contribution < 1.29 is 0 Å². The second-order valence-electron chi connectivity index (χ2n) is 8.92. The standard InChI is InChI=1S/C23H31N7O2/c1-27-22(31)11-21(29-9-3-5-19(26)15-29)30(23(27)32)13-17-10-20(7-6-16(17)12-24)28-8-2-4-18(25)14-28/h6-7,10-11,18-19H,2-5,8-9,13-15,25-26H2,1H3/t18-,19-/m1/s1. The van der Waals surface area contributed by atoms with E-state index in [0.29, 0.717) is 17.9 Å². The minimum atomic E-state index is -0.402. The van der Waals surface area contributed by atoms with Crippen molar-refractivity contribution in [2.24, 2.45) is 18.5 Å². The molecule has 0 spiro atoms. The van der Waals surface area contributed by atoms with Gasteiger partial charge in [0.2, 0.25) is 0 Å². The fourth-order valence-electron chi connectivity index (χ4n) is 4.72. The van der Waals surface area contributed by atoms with Crippen LogP contribution in [-0.4, -0.2) is 47.4 Å². The van der Waals surface area contributed by atoms with Crippen LogP contribution in [0.2, 0.25) is 0 Å². The van der Waals surface area contributed by atoms with Gasteiger partial charge in [-0.05, 0) is 49.4 Å². The molecule has 0 amide bonds. The highest BCUT2D eigenvalue weighted by atomic mass is 16.2. The molecule has 1 aromatic carbocycles. The zero-order valence-corrected chi connectivity index (χ0v) is 18.5. The summed E-state index contributed by atoms with van der Waals surface area (Å²) in [5.74, 6) is 0.558. The molecule has 0 bridgehead atoms. The Labute approximate surface area is 187 Å². The zero-order valence-electron chi connectivity index (χ0n) is 18.5. The molecule has 2 atom stereocenters. The number of nitriles is 1. The molecule has 0 saturated carbocycles. The van der Waals surface area contributed by atoms with Crippen molar-refractivity contribution in [2.45, 2.75) is 44.3 Å². The first-order valence-electron chi connectivity index (χ1n) is 11.2. The number of hydrogen-bond donors (Lipinski definition) is 2. The molecule has 0 aliphatic carbocycles. The number of aromatic nitrogens is 2. The van der Waals surface area contributed by atoms with Crippen LogP contribution in [0.5, 0.6) is 0 Å². The summed E-state index contributed by atoms with van der Waals surface area (Å²) < 4.78 is 2.69. The fourth-order valence-corrected chi connectivity index (χ4v) is 4.72. The number of benzene rings is 1. The Morgan fingerprint density at radius 2 is 1.69 bits per heavy atom. The predicted molar refractivity (Wildman–Crippen MR) is 125 cm³/mol. The van der Waals surface area contributed by atoms with Gasteiger partial charge in [-0.15, -0.1) is 0 Å². The number of nitrogens with two attached hydrogens (primary N) is 2. The normalized spacial score (nSPS) is 21.4. The molecule has 0 unspecified atom stereocenters. The molecule has 2 fully saturated rings. The van der Waals surface area contributed by atoms with Crippen molar-refractivity contribution in [3.8, 4) is 6.07 Å². The van der Waals surface area contributed by atoms with Gasteiger partial charge in [0.1, 0.15) is 5.82 Å². The van der Waals surface area contributed by atoms with E-state index in [1.54, 1.807) is 10.6 Å². The lowest BCUT2D eigenvalue weighted by Crippen LogP contribution is -2.47. The van der Waals surface area contributed by atoms with E-state index in [1.807, 2.05) is 17.0 Å². The first-order valence-corrected chi connectivity index (χ1v) is 11.2. The molecule has 2 aromatic rings. The lowest BCUT2D eigenvalue weighted by Gasteiger charge is -2.34. The smallest absolute Gasteiger partial charge is 0.332 e. The molecule has 4 N–H and O–H groups in total. The highest BCUT2D eigenvalue weighted by Crippen LogP contribution is 2.25. The summed E-state index contributed by atoms with van der Waals surface area (Å²) in [4.78, 5) is 29.8. The van der Waals surface area contributed by atoms with E-state index < -0.39 is 5.69 Å². The molecule has 0 radical (unpaired) electrons. The Bertz CT molecular complexity index is 1150. The summed E-state index contributed by atoms with van der Waals surface area (Å²) in [6.45, 7) is 3.20. The van der Waals surface area contributed by atoms with Crippen LogP contribution in [-0.2, 0) is 13.6 Å². The summed E-state index contributed by atoms with van der Waals surface area (Å²) in [7, 11) is 1.48. The first kappa shape index (κ1) is 22.1. The van der Waals surface area contributed by atoms with Gasteiger partial charge in [-0.1, -0.05) is 0 Å². The van der Waals surface area contributed by atoms with Crippen LogP contribution in [0.1, 0.15) is 36.8 Å². The quantitative estimate of drug-likeness (QED) is 0.705. The number of nitrogens with zero attached hydrogens (tertiary/aromatic N) is 5. The molecule has 4 rings (SSSR count). The van der Waals surface area contributed by atoms with Gasteiger partial charge in [0.15, 0.2) is 0 Å². The van der Waals surface area contributed by atoms with Gasteiger partial charge in [0, 0.05) is 57.1 Å². The van der Waals surface area contributed by atoms with Crippen LogP contribution in [0.3, 0.4) is 0 Å². The number of hydrogen-bond acceptors (Lipinski definition) is 7. The predicted octanol–water partition coefficient (Wildman–Crippen LogP) is 0.322. The lowest BCUT2D eigenvalue weighted by molar-refractivity contribution is 0.491. The van der Waals surface area contributed by atoms with Crippen LogP contribution in [0.15, 0.2) is 33.9 Å². The third kappa shape index (κ3) is 4.42. The molecule has 2 aliphatic rings. The molecule has 9 nitrogen and oxygen atoms in total. The van der Waals surface area contributed by atoms with Gasteiger partial charge < -0.3 is 21.3 Å². The van der Waals surface area contributed by atoms with Crippen molar-refractivity contribution in [3.63, 3.8) is 0 Å².